The molecule has 0 aliphatic heterocycles. The molecule has 2 aromatic rings. The Morgan fingerprint density at radius 3 is 2.07 bits per heavy atom. The maximum atomic E-state index is 11.7. The predicted octanol–water partition coefficient (Wildman–Crippen LogP) is 4.36. The molecule has 0 radical (unpaired) electrons. The van der Waals surface area contributed by atoms with Crippen LogP contribution in [0.1, 0.15) is 20.3 Å². The lowest BCUT2D eigenvalue weighted by molar-refractivity contribution is -0.384. The number of nitro benzene ring substituents is 1. The number of azo groups is 1. The topological polar surface area (TPSA) is 114 Å². The van der Waals surface area contributed by atoms with Gasteiger partial charge in [-0.05, 0) is 50.2 Å². The summed E-state index contributed by atoms with van der Waals surface area (Å²) in [5.74, 6) is -0.601. The molecule has 152 valence electrons. The Hall–Kier alpha value is -3.62. The number of hydrogen-bond donors (Lipinski definition) is 0. The first-order valence-electron chi connectivity index (χ1n) is 9.05. The van der Waals surface area contributed by atoms with Crippen molar-refractivity contribution in [2.45, 2.75) is 20.3 Å². The van der Waals surface area contributed by atoms with Gasteiger partial charge in [-0.1, -0.05) is 0 Å². The number of ketones is 1. The summed E-state index contributed by atoms with van der Waals surface area (Å²) >= 11 is 0. The number of esters is 1. The predicted molar refractivity (Wildman–Crippen MR) is 108 cm³/mol. The van der Waals surface area contributed by atoms with E-state index in [0.29, 0.717) is 24.5 Å². The summed E-state index contributed by atoms with van der Waals surface area (Å²) in [7, 11) is 0. The lowest BCUT2D eigenvalue weighted by Crippen LogP contribution is -2.26. The van der Waals surface area contributed by atoms with Crippen molar-refractivity contribution in [3.05, 3.63) is 58.6 Å². The van der Waals surface area contributed by atoms with Crippen LogP contribution in [-0.4, -0.2) is 36.4 Å². The first kappa shape index (κ1) is 21.7. The van der Waals surface area contributed by atoms with E-state index in [9.17, 15) is 19.7 Å². The van der Waals surface area contributed by atoms with Gasteiger partial charge in [0.25, 0.3) is 5.69 Å². The van der Waals surface area contributed by atoms with Crippen LogP contribution in [-0.2, 0) is 14.3 Å². The van der Waals surface area contributed by atoms with Crippen LogP contribution < -0.4 is 4.90 Å². The highest BCUT2D eigenvalue weighted by atomic mass is 16.6. The fraction of sp³-hybridized carbons (Fsp3) is 0.300. The van der Waals surface area contributed by atoms with Crippen LogP contribution in [0.25, 0.3) is 0 Å². The molecular formula is C20H22N4O5. The van der Waals surface area contributed by atoms with Crippen LogP contribution in [0.15, 0.2) is 58.8 Å². The standard InChI is InChI=1S/C20H22N4O5/c1-3-23(13-12-20(26)29-14-15(2)25)18-8-4-16(5-9-18)21-22-17-6-10-19(11-7-17)24(27)28/h4-11H,3,12-14H2,1-2H3. The number of ether oxygens (including phenoxy) is 1. The molecule has 0 heterocycles. The van der Waals surface area contributed by atoms with E-state index < -0.39 is 10.9 Å². The van der Waals surface area contributed by atoms with Gasteiger partial charge >= 0.3 is 5.97 Å². The molecule has 9 nitrogen and oxygen atoms in total. The molecule has 0 bridgehead atoms. The van der Waals surface area contributed by atoms with Crippen molar-refractivity contribution in [1.29, 1.82) is 0 Å². The van der Waals surface area contributed by atoms with Gasteiger partial charge in [0.05, 0.1) is 22.7 Å². The van der Waals surface area contributed by atoms with Crippen molar-refractivity contribution >= 4 is 34.5 Å². The Labute approximate surface area is 168 Å². The van der Waals surface area contributed by atoms with Crippen LogP contribution in [0.2, 0.25) is 0 Å². The lowest BCUT2D eigenvalue weighted by atomic mass is 10.2. The second kappa shape index (κ2) is 10.6. The maximum absolute atomic E-state index is 11.7. The van der Waals surface area contributed by atoms with Gasteiger partial charge in [-0.25, -0.2) is 0 Å². The van der Waals surface area contributed by atoms with Crippen molar-refractivity contribution in [3.8, 4) is 0 Å². The van der Waals surface area contributed by atoms with Gasteiger partial charge in [0.15, 0.2) is 5.78 Å². The second-order valence-electron chi connectivity index (χ2n) is 6.18. The van der Waals surface area contributed by atoms with Crippen LogP contribution in [0.3, 0.4) is 0 Å². The van der Waals surface area contributed by atoms with Crippen LogP contribution >= 0.6 is 0 Å². The summed E-state index contributed by atoms with van der Waals surface area (Å²) in [6.07, 6.45) is 0.183. The van der Waals surface area contributed by atoms with Crippen LogP contribution in [0.5, 0.6) is 0 Å². The highest BCUT2D eigenvalue weighted by molar-refractivity contribution is 5.80. The zero-order valence-corrected chi connectivity index (χ0v) is 16.3. The average Bonchev–Trinajstić information content (AvgIpc) is 2.72. The molecule has 0 saturated carbocycles. The maximum Gasteiger partial charge on any atom is 0.308 e. The molecule has 0 fully saturated rings. The van der Waals surface area contributed by atoms with Gasteiger partial charge < -0.3 is 9.64 Å². The third-order valence-electron chi connectivity index (χ3n) is 3.96. The van der Waals surface area contributed by atoms with Crippen LogP contribution in [0, 0.1) is 10.1 Å². The minimum absolute atomic E-state index is 0.00173. The Morgan fingerprint density at radius 2 is 1.59 bits per heavy atom. The quantitative estimate of drug-likeness (QED) is 0.254. The molecule has 0 atom stereocenters. The Bertz CT molecular complexity index is 879. The molecule has 0 unspecified atom stereocenters. The summed E-state index contributed by atoms with van der Waals surface area (Å²) in [5, 5.41) is 18.8. The lowest BCUT2D eigenvalue weighted by Gasteiger charge is -2.22. The van der Waals surface area contributed by atoms with E-state index in [1.807, 2.05) is 24.0 Å². The SMILES string of the molecule is CCN(CCC(=O)OCC(C)=O)c1ccc(N=Nc2ccc([N+](=O)[O-])cc2)cc1. The minimum Gasteiger partial charge on any atom is -0.458 e. The van der Waals surface area contributed by atoms with Gasteiger partial charge in [0, 0.05) is 30.9 Å². The van der Waals surface area contributed by atoms with Crippen molar-refractivity contribution in [2.75, 3.05) is 24.6 Å². The molecule has 0 amide bonds. The number of Topliss-reactive ketones (excluding diaryl/α,β-unsaturated/α-hetero) is 1. The number of non-ortho nitro benzene ring substituents is 1. The summed E-state index contributed by atoms with van der Waals surface area (Å²) in [6, 6.07) is 13.1. The van der Waals surface area contributed by atoms with Crippen molar-refractivity contribution in [1.82, 2.24) is 0 Å². The first-order chi connectivity index (χ1) is 13.9. The average molecular weight is 398 g/mol. The fourth-order valence-corrected chi connectivity index (χ4v) is 2.44. The Morgan fingerprint density at radius 1 is 1.03 bits per heavy atom. The number of carbonyl (C=O) groups excluding carboxylic acids is 2. The van der Waals surface area contributed by atoms with E-state index in [-0.39, 0.29) is 24.5 Å². The van der Waals surface area contributed by atoms with Gasteiger partial charge in [0.1, 0.15) is 6.61 Å². The van der Waals surface area contributed by atoms with E-state index in [2.05, 4.69) is 10.2 Å². The third-order valence-corrected chi connectivity index (χ3v) is 3.96. The summed E-state index contributed by atoms with van der Waals surface area (Å²) in [4.78, 5) is 34.7. The summed E-state index contributed by atoms with van der Waals surface area (Å²) in [5.41, 5.74) is 2.06. The third kappa shape index (κ3) is 7.13. The number of anilines is 1. The monoisotopic (exact) mass is 398 g/mol. The van der Waals surface area contributed by atoms with Crippen molar-refractivity contribution < 1.29 is 19.2 Å². The van der Waals surface area contributed by atoms with Gasteiger partial charge in [-0.15, -0.1) is 0 Å². The summed E-state index contributed by atoms with van der Waals surface area (Å²) in [6.45, 7) is 4.31. The van der Waals surface area contributed by atoms with E-state index in [4.69, 9.17) is 4.74 Å². The van der Waals surface area contributed by atoms with Crippen molar-refractivity contribution in [2.24, 2.45) is 10.2 Å². The smallest absolute Gasteiger partial charge is 0.308 e. The van der Waals surface area contributed by atoms with E-state index in [1.165, 1.54) is 31.2 Å². The molecule has 0 saturated heterocycles. The second-order valence-corrected chi connectivity index (χ2v) is 6.18. The zero-order chi connectivity index (χ0) is 21.2. The minimum atomic E-state index is -0.470. The molecule has 0 aliphatic carbocycles. The van der Waals surface area contributed by atoms with Gasteiger partial charge in [0.2, 0.25) is 0 Å². The van der Waals surface area contributed by atoms with E-state index in [1.54, 1.807) is 12.1 Å². The number of nitrogens with zero attached hydrogens (tertiary/aromatic N) is 4. The van der Waals surface area contributed by atoms with Gasteiger partial charge in [-0.3, -0.25) is 19.7 Å². The summed E-state index contributed by atoms with van der Waals surface area (Å²) < 4.78 is 4.87. The molecular weight excluding hydrogens is 376 g/mol. The normalized spacial score (nSPS) is 10.7. The largest absolute Gasteiger partial charge is 0.458 e. The highest BCUT2D eigenvalue weighted by Crippen LogP contribution is 2.23. The molecule has 9 heteroatoms. The Balaban J connectivity index is 1.94. The number of nitro groups is 1. The van der Waals surface area contributed by atoms with Crippen LogP contribution in [0.4, 0.5) is 22.7 Å². The Kier molecular flexibility index (Phi) is 7.96. The number of hydrogen-bond acceptors (Lipinski definition) is 8. The molecule has 0 aromatic heterocycles. The number of rotatable bonds is 10. The molecule has 0 aliphatic rings. The molecule has 2 rings (SSSR count). The number of benzene rings is 2. The molecule has 2 aromatic carbocycles. The van der Waals surface area contributed by atoms with E-state index >= 15 is 0 Å². The fourth-order valence-electron chi connectivity index (χ4n) is 2.44. The molecule has 29 heavy (non-hydrogen) atoms. The van der Waals surface area contributed by atoms with Crippen molar-refractivity contribution in [3.63, 3.8) is 0 Å². The number of carbonyl (C=O) groups is 2. The zero-order valence-electron chi connectivity index (χ0n) is 16.3. The molecule has 0 N–H and O–H groups in total. The highest BCUT2D eigenvalue weighted by Gasteiger charge is 2.10. The first-order valence-corrected chi connectivity index (χ1v) is 9.05. The van der Waals surface area contributed by atoms with Gasteiger partial charge in [-0.2, -0.15) is 10.2 Å². The molecule has 0 spiro atoms. The van der Waals surface area contributed by atoms with E-state index in [0.717, 1.165) is 5.69 Å².